The average molecular weight is 349 g/mol. The highest BCUT2D eigenvalue weighted by atomic mass is 35.5. The van der Waals surface area contributed by atoms with E-state index in [1.807, 2.05) is 11.8 Å². The second-order valence-corrected chi connectivity index (χ2v) is 8.28. The Hall–Kier alpha value is 0.0700. The molecule has 2 saturated heterocycles. The van der Waals surface area contributed by atoms with Crippen LogP contribution >= 0.6 is 24.2 Å². The maximum atomic E-state index is 12.7. The Labute approximate surface area is 146 Å². The molecule has 2 rings (SSSR count). The number of halogens is 1. The lowest BCUT2D eigenvalue weighted by atomic mass is 9.85. The van der Waals surface area contributed by atoms with Gasteiger partial charge in [0.15, 0.2) is 0 Å². The van der Waals surface area contributed by atoms with E-state index in [1.54, 1.807) is 0 Å². The maximum absolute atomic E-state index is 12.7. The molecule has 22 heavy (non-hydrogen) atoms. The standard InChI is InChI=1S/C17H32N2OS.ClH/c1-3-21-16-8-4-5-10-19(13-16)17(20)11-14(2)15-7-6-9-18-12-15;/h14-16,18H,3-13H2,1-2H3;1H. The number of amides is 1. The third-order valence-electron chi connectivity index (χ3n) is 5.02. The minimum atomic E-state index is 0. The number of carbonyl (C=O) groups excluding carboxylic acids is 1. The Morgan fingerprint density at radius 1 is 1.32 bits per heavy atom. The summed E-state index contributed by atoms with van der Waals surface area (Å²) >= 11 is 2.03. The molecule has 0 spiro atoms. The Bertz CT molecular complexity index is 324. The zero-order valence-corrected chi connectivity index (χ0v) is 15.8. The summed E-state index contributed by atoms with van der Waals surface area (Å²) in [5, 5.41) is 4.13. The smallest absolute Gasteiger partial charge is 0.222 e. The molecular weight excluding hydrogens is 316 g/mol. The van der Waals surface area contributed by atoms with Crippen LogP contribution in [-0.4, -0.2) is 48.0 Å². The van der Waals surface area contributed by atoms with E-state index in [0.717, 1.165) is 38.4 Å². The molecule has 2 aliphatic heterocycles. The third-order valence-corrected chi connectivity index (χ3v) is 6.21. The summed E-state index contributed by atoms with van der Waals surface area (Å²) < 4.78 is 0. The van der Waals surface area contributed by atoms with Gasteiger partial charge in [0.2, 0.25) is 5.91 Å². The minimum Gasteiger partial charge on any atom is -0.342 e. The topological polar surface area (TPSA) is 32.3 Å². The molecule has 1 amide bonds. The molecule has 2 fully saturated rings. The SMILES string of the molecule is CCSC1CCCCN(C(=O)CC(C)C2CCCNC2)C1.Cl. The molecule has 0 aromatic carbocycles. The summed E-state index contributed by atoms with van der Waals surface area (Å²) in [5.74, 6) is 2.77. The normalized spacial score (nSPS) is 27.6. The van der Waals surface area contributed by atoms with Gasteiger partial charge < -0.3 is 10.2 Å². The first kappa shape index (κ1) is 20.1. The van der Waals surface area contributed by atoms with Gasteiger partial charge in [-0.15, -0.1) is 12.4 Å². The minimum absolute atomic E-state index is 0. The van der Waals surface area contributed by atoms with E-state index >= 15 is 0 Å². The first-order valence-electron chi connectivity index (χ1n) is 8.80. The summed E-state index contributed by atoms with van der Waals surface area (Å²) in [6.07, 6.45) is 7.05. The fourth-order valence-electron chi connectivity index (χ4n) is 3.64. The summed E-state index contributed by atoms with van der Waals surface area (Å²) in [6, 6.07) is 0. The summed E-state index contributed by atoms with van der Waals surface area (Å²) in [6.45, 7) is 8.70. The molecule has 0 radical (unpaired) electrons. The zero-order valence-electron chi connectivity index (χ0n) is 14.2. The van der Waals surface area contributed by atoms with Crippen LogP contribution in [0.4, 0.5) is 0 Å². The monoisotopic (exact) mass is 348 g/mol. The van der Waals surface area contributed by atoms with Crippen LogP contribution in [-0.2, 0) is 4.79 Å². The largest absolute Gasteiger partial charge is 0.342 e. The van der Waals surface area contributed by atoms with Crippen molar-refractivity contribution in [3.63, 3.8) is 0 Å². The van der Waals surface area contributed by atoms with Crippen LogP contribution in [0.1, 0.15) is 52.4 Å². The van der Waals surface area contributed by atoms with E-state index in [0.29, 0.717) is 23.0 Å². The Morgan fingerprint density at radius 3 is 2.82 bits per heavy atom. The molecule has 2 aliphatic rings. The van der Waals surface area contributed by atoms with E-state index in [4.69, 9.17) is 0 Å². The van der Waals surface area contributed by atoms with E-state index < -0.39 is 0 Å². The quantitative estimate of drug-likeness (QED) is 0.824. The lowest BCUT2D eigenvalue weighted by Gasteiger charge is -2.30. The maximum Gasteiger partial charge on any atom is 0.222 e. The van der Waals surface area contributed by atoms with E-state index in [1.165, 1.54) is 32.1 Å². The lowest BCUT2D eigenvalue weighted by molar-refractivity contribution is -0.132. The van der Waals surface area contributed by atoms with E-state index in [9.17, 15) is 4.79 Å². The van der Waals surface area contributed by atoms with Crippen molar-refractivity contribution < 1.29 is 4.79 Å². The average Bonchev–Trinajstić information content (AvgIpc) is 2.74. The second-order valence-electron chi connectivity index (χ2n) is 6.70. The molecule has 0 aliphatic carbocycles. The lowest BCUT2D eigenvalue weighted by Crippen LogP contribution is -2.39. The van der Waals surface area contributed by atoms with Gasteiger partial charge in [0.1, 0.15) is 0 Å². The Morgan fingerprint density at radius 2 is 2.14 bits per heavy atom. The summed E-state index contributed by atoms with van der Waals surface area (Å²) in [5.41, 5.74) is 0. The second kappa shape index (κ2) is 10.8. The number of nitrogens with one attached hydrogen (secondary N) is 1. The number of piperidine rings is 1. The van der Waals surface area contributed by atoms with Gasteiger partial charge in [-0.05, 0) is 56.4 Å². The van der Waals surface area contributed by atoms with Crippen LogP contribution in [0.5, 0.6) is 0 Å². The van der Waals surface area contributed by atoms with Gasteiger partial charge in [0.05, 0.1) is 0 Å². The fourth-order valence-corrected chi connectivity index (χ4v) is 4.73. The number of hydrogen-bond donors (Lipinski definition) is 1. The number of thioether (sulfide) groups is 1. The highest BCUT2D eigenvalue weighted by Crippen LogP contribution is 2.26. The number of hydrogen-bond acceptors (Lipinski definition) is 3. The van der Waals surface area contributed by atoms with Gasteiger partial charge in [0.25, 0.3) is 0 Å². The van der Waals surface area contributed by atoms with Gasteiger partial charge in [-0.25, -0.2) is 0 Å². The van der Waals surface area contributed by atoms with Gasteiger partial charge in [-0.3, -0.25) is 4.79 Å². The first-order chi connectivity index (χ1) is 10.2. The number of rotatable bonds is 5. The van der Waals surface area contributed by atoms with Crippen LogP contribution < -0.4 is 5.32 Å². The molecule has 3 unspecified atom stereocenters. The molecule has 1 N–H and O–H groups in total. The molecule has 0 bridgehead atoms. The highest BCUT2D eigenvalue weighted by Gasteiger charge is 2.26. The third kappa shape index (κ3) is 6.29. The van der Waals surface area contributed by atoms with E-state index in [2.05, 4.69) is 24.1 Å². The van der Waals surface area contributed by atoms with Crippen molar-refractivity contribution in [3.05, 3.63) is 0 Å². The predicted octanol–water partition coefficient (Wildman–Crippen LogP) is 3.57. The van der Waals surface area contributed by atoms with Crippen LogP contribution in [0.2, 0.25) is 0 Å². The fraction of sp³-hybridized carbons (Fsp3) is 0.941. The van der Waals surface area contributed by atoms with Gasteiger partial charge in [-0.2, -0.15) is 11.8 Å². The zero-order chi connectivity index (χ0) is 15.1. The summed E-state index contributed by atoms with van der Waals surface area (Å²) in [7, 11) is 0. The van der Waals surface area contributed by atoms with E-state index in [-0.39, 0.29) is 12.4 Å². The van der Waals surface area contributed by atoms with Crippen LogP contribution in [0.15, 0.2) is 0 Å². The van der Waals surface area contributed by atoms with Crippen molar-refractivity contribution in [2.45, 2.75) is 57.6 Å². The molecule has 0 aromatic heterocycles. The molecule has 0 aromatic rings. The summed E-state index contributed by atoms with van der Waals surface area (Å²) in [4.78, 5) is 14.8. The van der Waals surface area contributed by atoms with Crippen LogP contribution in [0.3, 0.4) is 0 Å². The molecular formula is C17H33ClN2OS. The van der Waals surface area contributed by atoms with Crippen molar-refractivity contribution in [1.29, 1.82) is 0 Å². The van der Waals surface area contributed by atoms with Crippen molar-refractivity contribution in [3.8, 4) is 0 Å². The molecule has 3 atom stereocenters. The highest BCUT2D eigenvalue weighted by molar-refractivity contribution is 7.99. The molecule has 5 heteroatoms. The molecule has 130 valence electrons. The van der Waals surface area contributed by atoms with Crippen molar-refractivity contribution in [2.24, 2.45) is 11.8 Å². The first-order valence-corrected chi connectivity index (χ1v) is 9.85. The van der Waals surface area contributed by atoms with Crippen LogP contribution in [0.25, 0.3) is 0 Å². The molecule has 0 saturated carbocycles. The van der Waals surface area contributed by atoms with Crippen molar-refractivity contribution in [1.82, 2.24) is 10.2 Å². The van der Waals surface area contributed by atoms with Crippen LogP contribution in [0, 0.1) is 11.8 Å². The molecule has 2 heterocycles. The van der Waals surface area contributed by atoms with Gasteiger partial charge in [0, 0.05) is 24.8 Å². The van der Waals surface area contributed by atoms with Crippen molar-refractivity contribution >= 4 is 30.1 Å². The van der Waals surface area contributed by atoms with Gasteiger partial charge >= 0.3 is 0 Å². The predicted molar refractivity (Wildman–Crippen MR) is 99.0 cm³/mol. The number of nitrogens with zero attached hydrogens (tertiary/aromatic N) is 1. The van der Waals surface area contributed by atoms with Gasteiger partial charge in [-0.1, -0.05) is 20.3 Å². The van der Waals surface area contributed by atoms with Crippen molar-refractivity contribution in [2.75, 3.05) is 31.9 Å². The number of likely N-dealkylation sites (tertiary alicyclic amines) is 1. The molecule has 3 nitrogen and oxygen atoms in total. The number of carbonyl (C=O) groups is 1. The Kier molecular flexibility index (Phi) is 9.85. The Balaban J connectivity index is 0.00000242.